The van der Waals surface area contributed by atoms with Crippen LogP contribution in [0.4, 0.5) is 0 Å². The lowest BCUT2D eigenvalue weighted by Gasteiger charge is -2.22. The molecule has 0 radical (unpaired) electrons. The minimum atomic E-state index is 0.147. The second-order valence-corrected chi connectivity index (χ2v) is 7.38. The van der Waals surface area contributed by atoms with Crippen LogP contribution in [0.3, 0.4) is 0 Å². The lowest BCUT2D eigenvalue weighted by Crippen LogP contribution is -2.38. The van der Waals surface area contributed by atoms with Crippen LogP contribution in [0.1, 0.15) is 28.7 Å². The molecule has 0 spiro atoms. The molecule has 27 heavy (non-hydrogen) atoms. The largest absolute Gasteiger partial charge is 0.341 e. The highest BCUT2D eigenvalue weighted by atomic mass is 16.2. The van der Waals surface area contributed by atoms with E-state index in [2.05, 4.69) is 6.07 Å². The van der Waals surface area contributed by atoms with Crippen LogP contribution in [-0.2, 0) is 22.4 Å². The Labute approximate surface area is 161 Å². The number of carbonyl (C=O) groups is 2. The molecule has 1 aliphatic rings. The van der Waals surface area contributed by atoms with Crippen LogP contribution in [-0.4, -0.2) is 47.8 Å². The Kier molecular flexibility index (Phi) is 6.28. The zero-order valence-corrected chi connectivity index (χ0v) is 16.3. The Bertz CT molecular complexity index is 816. The predicted molar refractivity (Wildman–Crippen MR) is 108 cm³/mol. The van der Waals surface area contributed by atoms with E-state index in [-0.39, 0.29) is 11.8 Å². The van der Waals surface area contributed by atoms with E-state index in [4.69, 9.17) is 0 Å². The van der Waals surface area contributed by atoms with Crippen molar-refractivity contribution in [1.82, 2.24) is 9.80 Å². The van der Waals surface area contributed by atoms with Crippen LogP contribution in [0.5, 0.6) is 0 Å². The average Bonchev–Trinajstić information content (AvgIpc) is 2.90. The van der Waals surface area contributed by atoms with Gasteiger partial charge in [-0.25, -0.2) is 0 Å². The number of hydrogen-bond donors (Lipinski definition) is 0. The molecule has 1 aliphatic heterocycles. The topological polar surface area (TPSA) is 40.6 Å². The Morgan fingerprint density at radius 3 is 2.15 bits per heavy atom. The van der Waals surface area contributed by atoms with Crippen LogP contribution in [0.15, 0.2) is 48.5 Å². The summed E-state index contributed by atoms with van der Waals surface area (Å²) in [4.78, 5) is 29.2. The molecule has 2 aromatic rings. The van der Waals surface area contributed by atoms with Gasteiger partial charge in [0.25, 0.3) is 0 Å². The first-order chi connectivity index (χ1) is 13.0. The molecule has 142 valence electrons. The summed E-state index contributed by atoms with van der Waals surface area (Å²) in [6, 6.07) is 16.1. The molecule has 4 nitrogen and oxygen atoms in total. The van der Waals surface area contributed by atoms with E-state index >= 15 is 0 Å². The second-order valence-electron chi connectivity index (χ2n) is 7.38. The lowest BCUT2D eigenvalue weighted by atomic mass is 10.1. The monoisotopic (exact) mass is 364 g/mol. The van der Waals surface area contributed by atoms with Crippen molar-refractivity contribution in [2.75, 3.05) is 26.2 Å². The summed E-state index contributed by atoms with van der Waals surface area (Å²) >= 11 is 0. The minimum absolute atomic E-state index is 0.147. The Morgan fingerprint density at radius 2 is 1.48 bits per heavy atom. The molecule has 0 unspecified atom stereocenters. The van der Waals surface area contributed by atoms with Gasteiger partial charge in [-0.3, -0.25) is 9.59 Å². The van der Waals surface area contributed by atoms with Gasteiger partial charge in [-0.1, -0.05) is 54.1 Å². The summed E-state index contributed by atoms with van der Waals surface area (Å²) in [5, 5.41) is 0. The van der Waals surface area contributed by atoms with Crippen molar-refractivity contribution in [1.29, 1.82) is 0 Å². The van der Waals surface area contributed by atoms with Gasteiger partial charge >= 0.3 is 0 Å². The smallest absolute Gasteiger partial charge is 0.227 e. The van der Waals surface area contributed by atoms with Crippen molar-refractivity contribution in [2.24, 2.45) is 0 Å². The van der Waals surface area contributed by atoms with E-state index in [0.717, 1.165) is 36.2 Å². The van der Waals surface area contributed by atoms with E-state index in [1.54, 1.807) is 0 Å². The summed E-state index contributed by atoms with van der Waals surface area (Å²) in [5.74, 6) is 0.297. The van der Waals surface area contributed by atoms with Crippen LogP contribution in [0, 0.1) is 13.8 Å². The molecule has 0 bridgehead atoms. The first-order valence-corrected chi connectivity index (χ1v) is 9.68. The number of amides is 2. The van der Waals surface area contributed by atoms with Crippen LogP contribution >= 0.6 is 0 Å². The molecule has 2 aromatic carbocycles. The molecule has 1 fully saturated rings. The van der Waals surface area contributed by atoms with Crippen molar-refractivity contribution >= 4 is 11.8 Å². The maximum Gasteiger partial charge on any atom is 0.227 e. The van der Waals surface area contributed by atoms with Crippen molar-refractivity contribution in [3.8, 4) is 0 Å². The van der Waals surface area contributed by atoms with Gasteiger partial charge in [-0.05, 0) is 37.0 Å². The van der Waals surface area contributed by atoms with Gasteiger partial charge in [0, 0.05) is 26.2 Å². The maximum atomic E-state index is 12.7. The first-order valence-electron chi connectivity index (χ1n) is 9.68. The van der Waals surface area contributed by atoms with Crippen molar-refractivity contribution < 1.29 is 9.59 Å². The Morgan fingerprint density at radius 1 is 0.815 bits per heavy atom. The molecule has 3 rings (SSSR count). The number of hydrogen-bond acceptors (Lipinski definition) is 2. The molecule has 4 heteroatoms. The quantitative estimate of drug-likeness (QED) is 0.836. The normalized spacial score (nSPS) is 14.7. The lowest BCUT2D eigenvalue weighted by molar-refractivity contribution is -0.132. The number of nitrogens with zero attached hydrogens (tertiary/aromatic N) is 2. The first kappa shape index (κ1) is 19.2. The van der Waals surface area contributed by atoms with Crippen molar-refractivity contribution in [3.63, 3.8) is 0 Å². The third-order valence-corrected chi connectivity index (χ3v) is 5.24. The molecule has 2 amide bonds. The maximum absolute atomic E-state index is 12.7. The fourth-order valence-corrected chi connectivity index (χ4v) is 3.61. The van der Waals surface area contributed by atoms with Gasteiger partial charge in [0.15, 0.2) is 0 Å². The highest BCUT2D eigenvalue weighted by molar-refractivity contribution is 5.80. The Hall–Kier alpha value is -2.62. The van der Waals surface area contributed by atoms with Gasteiger partial charge in [-0.15, -0.1) is 0 Å². The number of benzene rings is 2. The summed E-state index contributed by atoms with van der Waals surface area (Å²) in [6.07, 6.45) is 1.70. The van der Waals surface area contributed by atoms with Crippen LogP contribution in [0.25, 0.3) is 0 Å². The standard InChI is InChI=1S/C23H28N2O2/c1-18-7-5-9-20(15-18)16-22(26)24-11-6-12-25(14-13-24)23(27)17-21-10-4-3-8-19(21)2/h3-5,7-10,15H,6,11-14,16-17H2,1-2H3. The molecular formula is C23H28N2O2. The molecule has 1 heterocycles. The SMILES string of the molecule is Cc1cccc(CC(=O)N2CCCN(C(=O)Cc3ccccc3C)CC2)c1. The van der Waals surface area contributed by atoms with Crippen molar-refractivity contribution in [2.45, 2.75) is 33.1 Å². The molecule has 0 aliphatic carbocycles. The fourth-order valence-electron chi connectivity index (χ4n) is 3.61. The van der Waals surface area contributed by atoms with E-state index in [9.17, 15) is 9.59 Å². The molecule has 0 saturated carbocycles. The third-order valence-electron chi connectivity index (χ3n) is 5.24. The Balaban J connectivity index is 1.56. The average molecular weight is 364 g/mol. The van der Waals surface area contributed by atoms with Crippen LogP contribution in [0.2, 0.25) is 0 Å². The molecule has 0 aromatic heterocycles. The summed E-state index contributed by atoms with van der Waals surface area (Å²) in [5.41, 5.74) is 4.45. The fraction of sp³-hybridized carbons (Fsp3) is 0.391. The van der Waals surface area contributed by atoms with Gasteiger partial charge < -0.3 is 9.80 Å². The zero-order valence-electron chi connectivity index (χ0n) is 16.3. The predicted octanol–water partition coefficient (Wildman–Crippen LogP) is 3.15. The summed E-state index contributed by atoms with van der Waals surface area (Å²) < 4.78 is 0. The van der Waals surface area contributed by atoms with Gasteiger partial charge in [-0.2, -0.15) is 0 Å². The minimum Gasteiger partial charge on any atom is -0.341 e. The molecule has 0 N–H and O–H groups in total. The summed E-state index contributed by atoms with van der Waals surface area (Å²) in [6.45, 7) is 6.75. The molecule has 1 saturated heterocycles. The highest BCUT2D eigenvalue weighted by Gasteiger charge is 2.22. The van der Waals surface area contributed by atoms with Gasteiger partial charge in [0.1, 0.15) is 0 Å². The number of aryl methyl sites for hydroxylation is 2. The number of rotatable bonds is 4. The van der Waals surface area contributed by atoms with Crippen molar-refractivity contribution in [3.05, 3.63) is 70.8 Å². The van der Waals surface area contributed by atoms with Gasteiger partial charge in [0.05, 0.1) is 12.8 Å². The third kappa shape index (κ3) is 5.19. The molecule has 0 atom stereocenters. The van der Waals surface area contributed by atoms with E-state index in [1.807, 2.05) is 66.1 Å². The zero-order chi connectivity index (χ0) is 19.2. The van der Waals surface area contributed by atoms with E-state index < -0.39 is 0 Å². The summed E-state index contributed by atoms with van der Waals surface area (Å²) in [7, 11) is 0. The second kappa shape index (κ2) is 8.85. The van der Waals surface area contributed by atoms with E-state index in [1.165, 1.54) is 5.56 Å². The number of carbonyl (C=O) groups excluding carboxylic acids is 2. The van der Waals surface area contributed by atoms with Gasteiger partial charge in [0.2, 0.25) is 11.8 Å². The molecular weight excluding hydrogens is 336 g/mol. The van der Waals surface area contributed by atoms with Crippen LogP contribution < -0.4 is 0 Å². The highest BCUT2D eigenvalue weighted by Crippen LogP contribution is 2.13. The van der Waals surface area contributed by atoms with E-state index in [0.29, 0.717) is 25.9 Å².